The molecule has 3 aromatic heterocycles. The zero-order chi connectivity index (χ0) is 24.1. The molecule has 0 unspecified atom stereocenters. The zero-order valence-corrected chi connectivity index (χ0v) is 19.1. The molecule has 4 aromatic rings. The van der Waals surface area contributed by atoms with Crippen molar-refractivity contribution in [3.05, 3.63) is 47.5 Å². The SMILES string of the molecule is CCCC(=NNC(=O)c1nnn(-c2nonc2N)c1CSc1nncn1C)c1ccc(O)cc1. The average Bonchev–Trinajstić information content (AvgIpc) is 3.55. The number of rotatable bonds is 9. The van der Waals surface area contributed by atoms with Crippen LogP contribution < -0.4 is 11.2 Å². The van der Waals surface area contributed by atoms with E-state index in [1.54, 1.807) is 42.2 Å². The number of carbonyl (C=O) groups is 1. The van der Waals surface area contributed by atoms with Gasteiger partial charge >= 0.3 is 0 Å². The number of hydrogen-bond acceptors (Lipinski definition) is 12. The summed E-state index contributed by atoms with van der Waals surface area (Å²) in [5.41, 5.74) is 10.2. The molecule has 0 aliphatic rings. The third kappa shape index (κ3) is 4.88. The highest BCUT2D eigenvalue weighted by Gasteiger charge is 2.24. The number of nitrogens with zero attached hydrogens (tertiary/aromatic N) is 9. The number of aromatic hydroxyl groups is 1. The molecule has 1 amide bonds. The fourth-order valence-electron chi connectivity index (χ4n) is 2.98. The normalized spacial score (nSPS) is 11.6. The third-order valence-electron chi connectivity index (χ3n) is 4.66. The fraction of sp³-hybridized carbons (Fsp3) is 0.263. The molecule has 176 valence electrons. The zero-order valence-electron chi connectivity index (χ0n) is 18.3. The number of phenolic OH excluding ortho intramolecular Hbond substituents is 1. The van der Waals surface area contributed by atoms with Crippen LogP contribution in [0.15, 0.2) is 45.5 Å². The Kier molecular flexibility index (Phi) is 6.82. The standard InChI is InChI=1S/C19H21N11O3S/c1-3-4-13(11-5-7-12(31)8-6-11)22-24-18(32)15-14(9-34-19-25-21-10-29(19)2)30(28-23-15)17-16(20)26-33-27-17/h5-8,10,31H,3-4,9H2,1-2H3,(H2,20,26)(H,24,32). The first kappa shape index (κ1) is 22.9. The Hall–Kier alpha value is -4.27. The maximum Gasteiger partial charge on any atom is 0.293 e. The number of nitrogens with two attached hydrogens (primary N) is 1. The summed E-state index contributed by atoms with van der Waals surface area (Å²) >= 11 is 1.32. The van der Waals surface area contributed by atoms with Crippen LogP contribution in [-0.2, 0) is 12.8 Å². The molecule has 0 aliphatic carbocycles. The molecule has 15 heteroatoms. The lowest BCUT2D eigenvalue weighted by molar-refractivity contribution is 0.0949. The molecule has 3 heterocycles. The smallest absolute Gasteiger partial charge is 0.293 e. The highest BCUT2D eigenvalue weighted by atomic mass is 32.2. The number of carbonyl (C=O) groups excluding carboxylic acids is 1. The number of aromatic nitrogens is 8. The summed E-state index contributed by atoms with van der Waals surface area (Å²) in [7, 11) is 1.80. The Bertz CT molecular complexity index is 1310. The van der Waals surface area contributed by atoms with Crippen LogP contribution in [-0.4, -0.2) is 56.8 Å². The molecule has 4 N–H and O–H groups in total. The van der Waals surface area contributed by atoms with Gasteiger partial charge in [0.15, 0.2) is 10.9 Å². The van der Waals surface area contributed by atoms with Gasteiger partial charge < -0.3 is 15.4 Å². The summed E-state index contributed by atoms with van der Waals surface area (Å²) in [6, 6.07) is 6.59. The van der Waals surface area contributed by atoms with Crippen LogP contribution in [0.5, 0.6) is 5.75 Å². The van der Waals surface area contributed by atoms with E-state index in [4.69, 9.17) is 5.73 Å². The second-order valence-corrected chi connectivity index (χ2v) is 8.02. The topological polar surface area (TPSA) is 188 Å². The van der Waals surface area contributed by atoms with Gasteiger partial charge in [0, 0.05) is 12.8 Å². The van der Waals surface area contributed by atoms with Crippen molar-refractivity contribution in [1.29, 1.82) is 0 Å². The van der Waals surface area contributed by atoms with Crippen molar-refractivity contribution in [2.45, 2.75) is 30.7 Å². The first-order valence-corrected chi connectivity index (χ1v) is 11.1. The molecule has 0 saturated heterocycles. The fourth-order valence-corrected chi connectivity index (χ4v) is 3.86. The number of aryl methyl sites for hydroxylation is 1. The van der Waals surface area contributed by atoms with E-state index in [9.17, 15) is 9.90 Å². The minimum absolute atomic E-state index is 0.00245. The number of anilines is 1. The number of amides is 1. The molecule has 0 saturated carbocycles. The van der Waals surface area contributed by atoms with Crippen LogP contribution in [0, 0.1) is 0 Å². The number of phenols is 1. The minimum Gasteiger partial charge on any atom is -0.508 e. The second-order valence-electron chi connectivity index (χ2n) is 7.08. The van der Waals surface area contributed by atoms with Crippen LogP contribution in [0.2, 0.25) is 0 Å². The van der Waals surface area contributed by atoms with Crippen LogP contribution >= 0.6 is 11.8 Å². The number of nitrogens with one attached hydrogen (secondary N) is 1. The summed E-state index contributed by atoms with van der Waals surface area (Å²) in [5, 5.41) is 37.7. The van der Waals surface area contributed by atoms with Gasteiger partial charge in [-0.25, -0.2) is 10.1 Å². The largest absolute Gasteiger partial charge is 0.508 e. The van der Waals surface area contributed by atoms with Crippen LogP contribution in [0.3, 0.4) is 0 Å². The molecular weight excluding hydrogens is 462 g/mol. The van der Waals surface area contributed by atoms with Gasteiger partial charge in [-0.15, -0.1) is 15.3 Å². The van der Waals surface area contributed by atoms with Gasteiger partial charge in [-0.1, -0.05) is 30.3 Å². The number of thioether (sulfide) groups is 1. The van der Waals surface area contributed by atoms with Gasteiger partial charge in [-0.3, -0.25) is 4.79 Å². The molecule has 0 fully saturated rings. The maximum absolute atomic E-state index is 13.0. The van der Waals surface area contributed by atoms with E-state index in [-0.39, 0.29) is 28.8 Å². The summed E-state index contributed by atoms with van der Waals surface area (Å²) in [6.07, 6.45) is 3.00. The van der Waals surface area contributed by atoms with E-state index in [1.165, 1.54) is 16.4 Å². The molecule has 34 heavy (non-hydrogen) atoms. The van der Waals surface area contributed by atoms with Crippen molar-refractivity contribution < 1.29 is 14.5 Å². The van der Waals surface area contributed by atoms with E-state index in [2.05, 4.69) is 46.0 Å². The van der Waals surface area contributed by atoms with Crippen LogP contribution in [0.4, 0.5) is 5.82 Å². The molecule has 14 nitrogen and oxygen atoms in total. The number of hydrogen-bond donors (Lipinski definition) is 3. The van der Waals surface area contributed by atoms with Crippen molar-refractivity contribution in [2.75, 3.05) is 5.73 Å². The third-order valence-corrected chi connectivity index (χ3v) is 5.71. The van der Waals surface area contributed by atoms with E-state index < -0.39 is 5.91 Å². The molecule has 0 aliphatic heterocycles. The average molecular weight is 484 g/mol. The first-order chi connectivity index (χ1) is 16.5. The molecule has 4 rings (SSSR count). The van der Waals surface area contributed by atoms with Crippen molar-refractivity contribution in [3.63, 3.8) is 0 Å². The Morgan fingerprint density at radius 1 is 1.26 bits per heavy atom. The first-order valence-electron chi connectivity index (χ1n) is 10.1. The number of benzene rings is 1. The van der Waals surface area contributed by atoms with Gasteiger partial charge in [0.25, 0.3) is 5.91 Å². The van der Waals surface area contributed by atoms with Crippen molar-refractivity contribution in [2.24, 2.45) is 12.1 Å². The van der Waals surface area contributed by atoms with Gasteiger partial charge in [-0.05, 0) is 46.6 Å². The Morgan fingerprint density at radius 2 is 2.06 bits per heavy atom. The van der Waals surface area contributed by atoms with Crippen molar-refractivity contribution in [3.8, 4) is 11.6 Å². The Labute approximate surface area is 197 Å². The predicted octanol–water partition coefficient (Wildman–Crippen LogP) is 1.29. The summed E-state index contributed by atoms with van der Waals surface area (Å²) in [4.78, 5) is 13.0. The maximum atomic E-state index is 13.0. The Morgan fingerprint density at radius 3 is 2.71 bits per heavy atom. The molecule has 0 radical (unpaired) electrons. The van der Waals surface area contributed by atoms with Crippen LogP contribution in [0.25, 0.3) is 5.82 Å². The predicted molar refractivity (Wildman–Crippen MR) is 121 cm³/mol. The van der Waals surface area contributed by atoms with Gasteiger partial charge in [0.1, 0.15) is 12.1 Å². The quantitative estimate of drug-likeness (QED) is 0.177. The number of hydrazone groups is 1. The highest BCUT2D eigenvalue weighted by Crippen LogP contribution is 2.24. The monoisotopic (exact) mass is 483 g/mol. The highest BCUT2D eigenvalue weighted by molar-refractivity contribution is 7.98. The minimum atomic E-state index is -0.567. The molecule has 0 bridgehead atoms. The van der Waals surface area contributed by atoms with Crippen molar-refractivity contribution >= 4 is 29.2 Å². The Balaban J connectivity index is 1.63. The van der Waals surface area contributed by atoms with E-state index in [1.807, 2.05) is 6.92 Å². The lowest BCUT2D eigenvalue weighted by Crippen LogP contribution is -2.22. The summed E-state index contributed by atoms with van der Waals surface area (Å²) in [5.74, 6) is -0.0659. The lowest BCUT2D eigenvalue weighted by atomic mass is 10.1. The molecule has 0 atom stereocenters. The van der Waals surface area contributed by atoms with Gasteiger partial charge in [0.2, 0.25) is 11.6 Å². The summed E-state index contributed by atoms with van der Waals surface area (Å²) < 4.78 is 7.70. The van der Waals surface area contributed by atoms with Gasteiger partial charge in [-0.2, -0.15) is 9.78 Å². The lowest BCUT2D eigenvalue weighted by Gasteiger charge is -2.07. The number of nitrogen functional groups attached to an aromatic ring is 1. The van der Waals surface area contributed by atoms with E-state index in [0.717, 1.165) is 12.0 Å². The second kappa shape index (κ2) is 10.1. The molecule has 1 aromatic carbocycles. The van der Waals surface area contributed by atoms with E-state index >= 15 is 0 Å². The summed E-state index contributed by atoms with van der Waals surface area (Å²) in [6.45, 7) is 2.00. The molecular formula is C19H21N11O3S. The van der Waals surface area contributed by atoms with Crippen LogP contribution in [0.1, 0.15) is 41.5 Å². The molecule has 0 spiro atoms. The van der Waals surface area contributed by atoms with Gasteiger partial charge in [0.05, 0.1) is 11.4 Å². The van der Waals surface area contributed by atoms with Crippen molar-refractivity contribution in [1.82, 2.24) is 45.5 Å². The van der Waals surface area contributed by atoms with E-state index in [0.29, 0.717) is 23.0 Å².